The minimum absolute atomic E-state index is 0.0522. The van der Waals surface area contributed by atoms with E-state index in [-0.39, 0.29) is 11.5 Å². The molecule has 1 saturated carbocycles. The Morgan fingerprint density at radius 1 is 1.22 bits per heavy atom. The fourth-order valence-electron chi connectivity index (χ4n) is 3.76. The van der Waals surface area contributed by atoms with E-state index < -0.39 is 17.6 Å². The predicted molar refractivity (Wildman–Crippen MR) is 112 cm³/mol. The quantitative estimate of drug-likeness (QED) is 0.534. The van der Waals surface area contributed by atoms with Crippen LogP contribution in [0, 0.1) is 12.8 Å². The molecule has 9 heteroatoms. The Bertz CT molecular complexity index is 1090. The Kier molecular flexibility index (Phi) is 5.99. The van der Waals surface area contributed by atoms with Gasteiger partial charge in [-0.1, -0.05) is 13.0 Å². The number of pyridine rings is 1. The fourth-order valence-corrected chi connectivity index (χ4v) is 3.76. The van der Waals surface area contributed by atoms with Crippen molar-refractivity contribution in [2.45, 2.75) is 38.8 Å². The molecule has 0 saturated heterocycles. The molecule has 1 aliphatic carbocycles. The molecule has 2 heterocycles. The van der Waals surface area contributed by atoms with Crippen LogP contribution in [0.4, 0.5) is 13.2 Å². The molecule has 0 N–H and O–H groups in total. The second-order valence-corrected chi connectivity index (χ2v) is 8.36. The lowest BCUT2D eigenvalue weighted by atomic mass is 10.0. The summed E-state index contributed by atoms with van der Waals surface area (Å²) in [6.07, 6.45) is 0.622. The molecule has 0 bridgehead atoms. The number of hydrogen-bond donors (Lipinski definition) is 0. The lowest BCUT2D eigenvalue weighted by molar-refractivity contribution is -0.137. The minimum atomic E-state index is -4.51. The van der Waals surface area contributed by atoms with Crippen LogP contribution in [0.15, 0.2) is 48.9 Å². The molecule has 3 aromatic rings. The first-order chi connectivity index (χ1) is 15.2. The van der Waals surface area contributed by atoms with Crippen LogP contribution in [0.2, 0.25) is 0 Å². The van der Waals surface area contributed by atoms with Crippen LogP contribution in [-0.2, 0) is 6.18 Å². The topological polar surface area (TPSA) is 63.9 Å². The van der Waals surface area contributed by atoms with Crippen LogP contribution in [0.1, 0.15) is 53.0 Å². The third kappa shape index (κ3) is 4.98. The van der Waals surface area contributed by atoms with Crippen LogP contribution in [0.3, 0.4) is 0 Å². The Morgan fingerprint density at radius 3 is 2.66 bits per heavy atom. The summed E-state index contributed by atoms with van der Waals surface area (Å²) in [7, 11) is 0. The van der Waals surface area contributed by atoms with E-state index in [2.05, 4.69) is 15.1 Å². The number of aromatic nitrogens is 4. The van der Waals surface area contributed by atoms with Crippen LogP contribution in [-0.4, -0.2) is 43.6 Å². The van der Waals surface area contributed by atoms with Crippen molar-refractivity contribution in [3.63, 3.8) is 0 Å². The van der Waals surface area contributed by atoms with Gasteiger partial charge in [0.1, 0.15) is 12.2 Å². The van der Waals surface area contributed by atoms with Gasteiger partial charge in [0.05, 0.1) is 5.56 Å². The first kappa shape index (κ1) is 22.0. The smallest absolute Gasteiger partial charge is 0.338 e. The number of carbonyl (C=O) groups excluding carboxylic acids is 1. The Hall–Kier alpha value is -3.23. The molecule has 1 aromatic carbocycles. The number of hydrogen-bond acceptors (Lipinski definition) is 4. The molecule has 0 spiro atoms. The fraction of sp³-hybridized carbons (Fsp3) is 0.391. The first-order valence-corrected chi connectivity index (χ1v) is 10.5. The van der Waals surface area contributed by atoms with Gasteiger partial charge in [0.2, 0.25) is 0 Å². The van der Waals surface area contributed by atoms with Gasteiger partial charge in [-0.15, -0.1) is 0 Å². The lowest BCUT2D eigenvalue weighted by Gasteiger charge is -2.26. The van der Waals surface area contributed by atoms with Crippen LogP contribution >= 0.6 is 0 Å². The maximum absolute atomic E-state index is 13.3. The zero-order valence-corrected chi connectivity index (χ0v) is 17.9. The van der Waals surface area contributed by atoms with Gasteiger partial charge < -0.3 is 4.90 Å². The summed E-state index contributed by atoms with van der Waals surface area (Å²) in [5.41, 5.74) is -0.357. The first-order valence-electron chi connectivity index (χ1n) is 10.5. The summed E-state index contributed by atoms with van der Waals surface area (Å²) in [5.74, 6) is 1.03. The predicted octanol–water partition coefficient (Wildman–Crippen LogP) is 4.65. The van der Waals surface area contributed by atoms with Crippen molar-refractivity contribution in [1.82, 2.24) is 24.6 Å². The summed E-state index contributed by atoms with van der Waals surface area (Å²) >= 11 is 0. The van der Waals surface area contributed by atoms with Crippen molar-refractivity contribution in [3.05, 3.63) is 71.4 Å². The summed E-state index contributed by atoms with van der Waals surface area (Å²) in [6, 6.07) is 8.96. The van der Waals surface area contributed by atoms with Crippen molar-refractivity contribution >= 4 is 5.91 Å². The molecule has 32 heavy (non-hydrogen) atoms. The van der Waals surface area contributed by atoms with Gasteiger partial charge in [0, 0.05) is 30.8 Å². The van der Waals surface area contributed by atoms with Crippen LogP contribution in [0.25, 0.3) is 5.82 Å². The normalized spacial score (nSPS) is 14.9. The van der Waals surface area contributed by atoms with Gasteiger partial charge in [-0.25, -0.2) is 9.97 Å². The average molecular weight is 443 g/mol. The maximum Gasteiger partial charge on any atom is 0.416 e. The number of amides is 1. The Labute approximate surface area is 184 Å². The van der Waals surface area contributed by atoms with Gasteiger partial charge in [0.15, 0.2) is 5.82 Å². The van der Waals surface area contributed by atoms with Gasteiger partial charge in [-0.2, -0.15) is 23.0 Å². The monoisotopic (exact) mass is 443 g/mol. The molecule has 4 rings (SSSR count). The van der Waals surface area contributed by atoms with Crippen molar-refractivity contribution in [1.29, 1.82) is 0 Å². The van der Waals surface area contributed by atoms with Gasteiger partial charge in [-0.05, 0) is 61.6 Å². The van der Waals surface area contributed by atoms with E-state index in [9.17, 15) is 18.0 Å². The summed E-state index contributed by atoms with van der Waals surface area (Å²) in [6.45, 7) is 4.32. The van der Waals surface area contributed by atoms with Crippen LogP contribution < -0.4 is 0 Å². The molecule has 1 unspecified atom stereocenters. The third-order valence-electron chi connectivity index (χ3n) is 5.49. The van der Waals surface area contributed by atoms with Gasteiger partial charge in [-0.3, -0.25) is 4.79 Å². The molecule has 2 aromatic heterocycles. The van der Waals surface area contributed by atoms with E-state index in [0.717, 1.165) is 25.0 Å². The zero-order valence-electron chi connectivity index (χ0n) is 17.9. The number of aryl methyl sites for hydroxylation is 1. The molecular formula is C23H24F3N5O. The SMILES string of the molecule is Cc1cc(C(=O)N(CC2CC2)CC(C)c2ncnn2-c2ccccn2)cc(C(F)(F)F)c1. The highest BCUT2D eigenvalue weighted by Gasteiger charge is 2.33. The second kappa shape index (κ2) is 8.72. The summed E-state index contributed by atoms with van der Waals surface area (Å²) < 4.78 is 41.5. The highest BCUT2D eigenvalue weighted by atomic mass is 19.4. The lowest BCUT2D eigenvalue weighted by Crippen LogP contribution is -2.36. The number of alkyl halides is 3. The molecule has 1 atom stereocenters. The van der Waals surface area contributed by atoms with E-state index in [1.807, 2.05) is 19.1 Å². The molecule has 1 amide bonds. The molecule has 6 nitrogen and oxygen atoms in total. The van der Waals surface area contributed by atoms with Gasteiger partial charge >= 0.3 is 6.18 Å². The number of benzene rings is 1. The highest BCUT2D eigenvalue weighted by Crippen LogP contribution is 2.33. The molecule has 1 aliphatic rings. The number of rotatable bonds is 7. The molecular weight excluding hydrogens is 419 g/mol. The van der Waals surface area contributed by atoms with E-state index in [0.29, 0.717) is 36.2 Å². The van der Waals surface area contributed by atoms with E-state index in [1.165, 1.54) is 12.4 Å². The Morgan fingerprint density at radius 2 is 2.00 bits per heavy atom. The molecule has 0 radical (unpaired) electrons. The Balaban J connectivity index is 1.60. The third-order valence-corrected chi connectivity index (χ3v) is 5.49. The minimum Gasteiger partial charge on any atom is -0.338 e. The molecule has 1 fully saturated rings. The largest absolute Gasteiger partial charge is 0.416 e. The van der Waals surface area contributed by atoms with Crippen molar-refractivity contribution < 1.29 is 18.0 Å². The molecule has 168 valence electrons. The van der Waals surface area contributed by atoms with E-state index in [1.54, 1.807) is 28.8 Å². The summed E-state index contributed by atoms with van der Waals surface area (Å²) in [4.78, 5) is 23.6. The van der Waals surface area contributed by atoms with E-state index >= 15 is 0 Å². The van der Waals surface area contributed by atoms with Gasteiger partial charge in [0.25, 0.3) is 5.91 Å². The van der Waals surface area contributed by atoms with Crippen molar-refractivity contribution in [3.8, 4) is 5.82 Å². The van der Waals surface area contributed by atoms with Crippen LogP contribution in [0.5, 0.6) is 0 Å². The summed E-state index contributed by atoms with van der Waals surface area (Å²) in [5, 5.41) is 4.26. The number of carbonyl (C=O) groups is 1. The zero-order chi connectivity index (χ0) is 22.9. The number of halogens is 3. The van der Waals surface area contributed by atoms with Crippen molar-refractivity contribution in [2.24, 2.45) is 5.92 Å². The highest BCUT2D eigenvalue weighted by molar-refractivity contribution is 5.94. The second-order valence-electron chi connectivity index (χ2n) is 8.36. The maximum atomic E-state index is 13.3. The van der Waals surface area contributed by atoms with Crippen molar-refractivity contribution in [2.75, 3.05) is 13.1 Å². The van der Waals surface area contributed by atoms with E-state index in [4.69, 9.17) is 0 Å². The number of nitrogens with zero attached hydrogens (tertiary/aromatic N) is 5. The standard InChI is InChI=1S/C23H24F3N5O/c1-15-9-18(11-19(10-15)23(24,25)26)22(32)30(13-17-6-7-17)12-16(2)21-28-14-29-31(21)20-5-3-4-8-27-20/h3-5,8-11,14,16-17H,6-7,12-13H2,1-2H3. The molecule has 0 aliphatic heterocycles. The average Bonchev–Trinajstić information content (AvgIpc) is 3.43.